The monoisotopic (exact) mass is 205 g/mol. The van der Waals surface area contributed by atoms with E-state index in [1.54, 1.807) is 0 Å². The van der Waals surface area contributed by atoms with Crippen LogP contribution in [-0.4, -0.2) is 17.8 Å². The highest BCUT2D eigenvalue weighted by Crippen LogP contribution is 2.76. The van der Waals surface area contributed by atoms with Crippen LogP contribution in [0.25, 0.3) is 0 Å². The molecule has 0 unspecified atom stereocenters. The average Bonchev–Trinajstić information content (AvgIpc) is 1.80. The molecule has 78 valence electrons. The summed E-state index contributed by atoms with van der Waals surface area (Å²) in [5.41, 5.74) is 6.82. The Balaban J connectivity index is 0.000000845. The van der Waals surface area contributed by atoms with Crippen LogP contribution in [0, 0.1) is 16.7 Å². The van der Waals surface area contributed by atoms with Crippen molar-refractivity contribution >= 4 is 12.4 Å². The Hall–Kier alpha value is 0.210. The fourth-order valence-corrected chi connectivity index (χ4v) is 3.15. The van der Waals surface area contributed by atoms with Gasteiger partial charge in [0.05, 0.1) is 6.61 Å². The quantitative estimate of drug-likeness (QED) is 0.735. The van der Waals surface area contributed by atoms with E-state index < -0.39 is 0 Å². The molecule has 0 amide bonds. The first-order valence-corrected chi connectivity index (χ1v) is 4.91. The summed E-state index contributed by atoms with van der Waals surface area (Å²) in [6, 6.07) is 0.0399. The number of aliphatic hydroxyl groups excluding tert-OH is 1. The molecule has 3 fully saturated rings. The fraction of sp³-hybridized carbons (Fsp3) is 1.00. The first-order chi connectivity index (χ1) is 5.55. The Labute approximate surface area is 86.3 Å². The average molecular weight is 206 g/mol. The van der Waals surface area contributed by atoms with E-state index in [2.05, 4.69) is 13.8 Å². The van der Waals surface area contributed by atoms with Gasteiger partial charge in [-0.25, -0.2) is 0 Å². The first-order valence-electron chi connectivity index (χ1n) is 4.91. The largest absolute Gasteiger partial charge is 0.395 e. The lowest BCUT2D eigenvalue weighted by Crippen LogP contribution is -2.71. The van der Waals surface area contributed by atoms with Crippen molar-refractivity contribution in [1.82, 2.24) is 0 Å². The van der Waals surface area contributed by atoms with Gasteiger partial charge in [0, 0.05) is 6.04 Å². The van der Waals surface area contributed by atoms with Crippen molar-refractivity contribution in [1.29, 1.82) is 0 Å². The number of rotatable bonds is 3. The zero-order chi connectivity index (χ0) is 8.98. The third-order valence-corrected chi connectivity index (χ3v) is 4.32. The van der Waals surface area contributed by atoms with Gasteiger partial charge in [-0.05, 0) is 36.0 Å². The Morgan fingerprint density at radius 2 is 1.69 bits per heavy atom. The molecular formula is C10H20ClNO. The Morgan fingerprint density at radius 1 is 1.23 bits per heavy atom. The standard InChI is InChI=1S/C10H19NO.ClH/c1-7(2)9-4-10(5-9,6-9)8(11)3-12;/h7-8,12H,3-6,11H2,1-2H3;1H/t8-,9?,10?;/m1./s1. The molecule has 3 N–H and O–H groups in total. The molecule has 0 saturated heterocycles. The molecule has 3 heteroatoms. The zero-order valence-corrected chi connectivity index (χ0v) is 9.23. The molecule has 2 nitrogen and oxygen atoms in total. The second-order valence-electron chi connectivity index (χ2n) is 5.20. The van der Waals surface area contributed by atoms with Crippen LogP contribution < -0.4 is 5.73 Å². The second-order valence-corrected chi connectivity index (χ2v) is 5.20. The van der Waals surface area contributed by atoms with Gasteiger partial charge in [-0.1, -0.05) is 13.8 Å². The van der Waals surface area contributed by atoms with E-state index in [0.717, 1.165) is 5.92 Å². The van der Waals surface area contributed by atoms with Crippen LogP contribution in [0.4, 0.5) is 0 Å². The summed E-state index contributed by atoms with van der Waals surface area (Å²) in [4.78, 5) is 0. The van der Waals surface area contributed by atoms with Crippen molar-refractivity contribution in [2.45, 2.75) is 39.2 Å². The molecule has 0 aliphatic heterocycles. The van der Waals surface area contributed by atoms with E-state index in [1.165, 1.54) is 19.3 Å². The maximum Gasteiger partial charge on any atom is 0.0587 e. The highest BCUT2D eigenvalue weighted by Gasteiger charge is 2.70. The summed E-state index contributed by atoms with van der Waals surface area (Å²) in [5, 5.41) is 8.96. The number of hydrogen-bond donors (Lipinski definition) is 2. The van der Waals surface area contributed by atoms with Gasteiger partial charge in [0.15, 0.2) is 0 Å². The van der Waals surface area contributed by atoms with E-state index in [0.29, 0.717) is 10.8 Å². The summed E-state index contributed by atoms with van der Waals surface area (Å²) >= 11 is 0. The van der Waals surface area contributed by atoms with E-state index >= 15 is 0 Å². The highest BCUT2D eigenvalue weighted by molar-refractivity contribution is 5.85. The van der Waals surface area contributed by atoms with Crippen LogP contribution in [0.3, 0.4) is 0 Å². The summed E-state index contributed by atoms with van der Waals surface area (Å²) in [7, 11) is 0. The van der Waals surface area contributed by atoms with Crippen LogP contribution in [0.2, 0.25) is 0 Å². The Kier molecular flexibility index (Phi) is 2.70. The topological polar surface area (TPSA) is 46.2 Å². The SMILES string of the molecule is CC(C)C12CC([C@H](N)CO)(C1)C2.Cl. The Bertz CT molecular complexity index is 185. The van der Waals surface area contributed by atoms with Crippen LogP contribution >= 0.6 is 12.4 Å². The molecule has 0 heterocycles. The van der Waals surface area contributed by atoms with Gasteiger partial charge in [-0.3, -0.25) is 0 Å². The van der Waals surface area contributed by atoms with Crippen molar-refractivity contribution in [2.24, 2.45) is 22.5 Å². The van der Waals surface area contributed by atoms with E-state index in [1.807, 2.05) is 0 Å². The van der Waals surface area contributed by atoms with Crippen molar-refractivity contribution in [3.8, 4) is 0 Å². The van der Waals surface area contributed by atoms with E-state index in [4.69, 9.17) is 10.8 Å². The molecule has 0 radical (unpaired) electrons. The molecule has 13 heavy (non-hydrogen) atoms. The van der Waals surface area contributed by atoms with Crippen LogP contribution in [0.5, 0.6) is 0 Å². The molecule has 3 aliphatic carbocycles. The van der Waals surface area contributed by atoms with Crippen molar-refractivity contribution < 1.29 is 5.11 Å². The molecule has 2 bridgehead atoms. The van der Waals surface area contributed by atoms with Crippen molar-refractivity contribution in [3.05, 3.63) is 0 Å². The molecule has 3 saturated carbocycles. The van der Waals surface area contributed by atoms with Gasteiger partial charge >= 0.3 is 0 Å². The normalized spacial score (nSPS) is 43.2. The summed E-state index contributed by atoms with van der Waals surface area (Å²) in [5.74, 6) is 0.797. The van der Waals surface area contributed by atoms with Gasteiger partial charge in [0.25, 0.3) is 0 Å². The number of halogens is 1. The predicted octanol–water partition coefficient (Wildman–Crippen LogP) is 1.55. The van der Waals surface area contributed by atoms with Crippen LogP contribution in [-0.2, 0) is 0 Å². The highest BCUT2D eigenvalue weighted by atomic mass is 35.5. The third kappa shape index (κ3) is 1.23. The molecule has 0 aromatic heterocycles. The van der Waals surface area contributed by atoms with E-state index in [9.17, 15) is 0 Å². The number of aliphatic hydroxyl groups is 1. The van der Waals surface area contributed by atoms with E-state index in [-0.39, 0.29) is 25.1 Å². The minimum atomic E-state index is 0. The van der Waals surface area contributed by atoms with Crippen molar-refractivity contribution in [2.75, 3.05) is 6.61 Å². The minimum Gasteiger partial charge on any atom is -0.395 e. The molecule has 0 aromatic rings. The van der Waals surface area contributed by atoms with Gasteiger partial charge < -0.3 is 10.8 Å². The third-order valence-electron chi connectivity index (χ3n) is 4.32. The fourth-order valence-electron chi connectivity index (χ4n) is 3.15. The first kappa shape index (κ1) is 11.3. The molecule has 3 aliphatic rings. The molecular weight excluding hydrogens is 186 g/mol. The lowest BCUT2D eigenvalue weighted by Gasteiger charge is -2.74. The summed E-state index contributed by atoms with van der Waals surface area (Å²) in [6.45, 7) is 4.76. The molecule has 1 atom stereocenters. The maximum atomic E-state index is 8.96. The lowest BCUT2D eigenvalue weighted by atomic mass is 9.31. The second kappa shape index (κ2) is 3.11. The summed E-state index contributed by atoms with van der Waals surface area (Å²) in [6.07, 6.45) is 3.79. The molecule has 0 aromatic carbocycles. The Morgan fingerprint density at radius 3 is 2.00 bits per heavy atom. The minimum absolute atomic E-state index is 0. The smallest absolute Gasteiger partial charge is 0.0587 e. The lowest BCUT2D eigenvalue weighted by molar-refractivity contribution is -0.244. The molecule has 0 spiro atoms. The van der Waals surface area contributed by atoms with Crippen molar-refractivity contribution in [3.63, 3.8) is 0 Å². The zero-order valence-electron chi connectivity index (χ0n) is 8.42. The van der Waals surface area contributed by atoms with Crippen LogP contribution in [0.1, 0.15) is 33.1 Å². The number of nitrogens with two attached hydrogens (primary N) is 1. The maximum absolute atomic E-state index is 8.96. The van der Waals surface area contributed by atoms with Gasteiger partial charge in [-0.2, -0.15) is 0 Å². The summed E-state index contributed by atoms with van der Waals surface area (Å²) < 4.78 is 0. The van der Waals surface area contributed by atoms with Gasteiger partial charge in [0.2, 0.25) is 0 Å². The number of hydrogen-bond acceptors (Lipinski definition) is 2. The predicted molar refractivity (Wildman–Crippen MR) is 55.9 cm³/mol. The molecule has 3 rings (SSSR count). The van der Waals surface area contributed by atoms with Gasteiger partial charge in [-0.15, -0.1) is 12.4 Å². The van der Waals surface area contributed by atoms with Crippen LogP contribution in [0.15, 0.2) is 0 Å². The van der Waals surface area contributed by atoms with Gasteiger partial charge in [0.1, 0.15) is 0 Å².